The average molecular weight is 234 g/mol. The zero-order chi connectivity index (χ0) is 12.8. The highest BCUT2D eigenvalue weighted by Crippen LogP contribution is 2.19. The van der Waals surface area contributed by atoms with E-state index in [9.17, 15) is 9.59 Å². The molecule has 0 saturated heterocycles. The fraction of sp³-hybridized carbons (Fsp3) is 0.231. The molecule has 0 bridgehead atoms. The van der Waals surface area contributed by atoms with Gasteiger partial charge in [0.1, 0.15) is 0 Å². The topological polar surface area (TPSA) is 74.6 Å². The molecule has 90 valence electrons. The number of aliphatic carboxylic acids is 1. The van der Waals surface area contributed by atoms with Crippen LogP contribution >= 0.6 is 0 Å². The lowest BCUT2D eigenvalue weighted by molar-refractivity contribution is -0.136. The standard InChI is InChI=1S/C13H14O4/c1-2-9(6-7-12(14)15)10-4-3-5-11(8-10)13(16)17/h3-6,8H,2,7H2,1H3,(H,14,15)(H,16,17)/b9-6+. The van der Waals surface area contributed by atoms with Gasteiger partial charge in [0.05, 0.1) is 12.0 Å². The third-order valence-corrected chi connectivity index (χ3v) is 2.38. The molecule has 0 saturated carbocycles. The van der Waals surface area contributed by atoms with Crippen LogP contribution in [0, 0.1) is 0 Å². The van der Waals surface area contributed by atoms with Crippen LogP contribution in [-0.2, 0) is 4.79 Å². The van der Waals surface area contributed by atoms with Crippen LogP contribution in [0.5, 0.6) is 0 Å². The second-order valence-electron chi connectivity index (χ2n) is 3.57. The van der Waals surface area contributed by atoms with Crippen LogP contribution in [0.25, 0.3) is 5.57 Å². The minimum Gasteiger partial charge on any atom is -0.481 e. The summed E-state index contributed by atoms with van der Waals surface area (Å²) >= 11 is 0. The summed E-state index contributed by atoms with van der Waals surface area (Å²) in [7, 11) is 0. The molecule has 0 radical (unpaired) electrons. The third-order valence-electron chi connectivity index (χ3n) is 2.38. The highest BCUT2D eigenvalue weighted by atomic mass is 16.4. The second kappa shape index (κ2) is 5.84. The molecular weight excluding hydrogens is 220 g/mol. The lowest BCUT2D eigenvalue weighted by atomic mass is 10.00. The smallest absolute Gasteiger partial charge is 0.335 e. The summed E-state index contributed by atoms with van der Waals surface area (Å²) in [5.41, 5.74) is 1.81. The summed E-state index contributed by atoms with van der Waals surface area (Å²) in [5.74, 6) is -1.88. The van der Waals surface area contributed by atoms with Crippen molar-refractivity contribution in [3.05, 3.63) is 41.5 Å². The van der Waals surface area contributed by atoms with Crippen molar-refractivity contribution in [3.8, 4) is 0 Å². The van der Waals surface area contributed by atoms with E-state index in [0.717, 1.165) is 11.1 Å². The van der Waals surface area contributed by atoms with Gasteiger partial charge in [-0.15, -0.1) is 0 Å². The molecule has 0 heterocycles. The minimum atomic E-state index is -0.986. The summed E-state index contributed by atoms with van der Waals surface area (Å²) in [5, 5.41) is 17.5. The summed E-state index contributed by atoms with van der Waals surface area (Å²) < 4.78 is 0. The van der Waals surface area contributed by atoms with Gasteiger partial charge in [-0.05, 0) is 29.7 Å². The molecule has 17 heavy (non-hydrogen) atoms. The van der Waals surface area contributed by atoms with E-state index in [4.69, 9.17) is 10.2 Å². The molecular formula is C13H14O4. The second-order valence-corrected chi connectivity index (χ2v) is 3.57. The van der Waals surface area contributed by atoms with Crippen molar-refractivity contribution in [2.45, 2.75) is 19.8 Å². The molecule has 1 aromatic carbocycles. The van der Waals surface area contributed by atoms with Gasteiger partial charge in [-0.3, -0.25) is 4.79 Å². The molecule has 0 fully saturated rings. The Morgan fingerprint density at radius 2 is 1.88 bits per heavy atom. The molecule has 2 N–H and O–H groups in total. The predicted molar refractivity (Wildman–Crippen MR) is 63.9 cm³/mol. The number of aromatic carboxylic acids is 1. The molecule has 0 spiro atoms. The number of carboxylic acid groups (broad SMARTS) is 2. The number of allylic oxidation sites excluding steroid dienone is 1. The van der Waals surface area contributed by atoms with Gasteiger partial charge in [-0.25, -0.2) is 4.79 Å². The van der Waals surface area contributed by atoms with Crippen LogP contribution in [0.2, 0.25) is 0 Å². The first-order chi connectivity index (χ1) is 8.04. The van der Waals surface area contributed by atoms with Crippen LogP contribution in [0.3, 0.4) is 0 Å². The number of rotatable bonds is 5. The number of benzene rings is 1. The van der Waals surface area contributed by atoms with Crippen LogP contribution in [0.1, 0.15) is 35.7 Å². The number of carbonyl (C=O) groups is 2. The van der Waals surface area contributed by atoms with E-state index in [0.29, 0.717) is 6.42 Å². The van der Waals surface area contributed by atoms with Crippen molar-refractivity contribution >= 4 is 17.5 Å². The Labute approximate surface area is 99.2 Å². The van der Waals surface area contributed by atoms with Gasteiger partial charge in [0.2, 0.25) is 0 Å². The van der Waals surface area contributed by atoms with Gasteiger partial charge in [0.15, 0.2) is 0 Å². The Morgan fingerprint density at radius 1 is 1.24 bits per heavy atom. The van der Waals surface area contributed by atoms with Crippen LogP contribution in [0.15, 0.2) is 30.3 Å². The highest BCUT2D eigenvalue weighted by molar-refractivity contribution is 5.89. The normalized spacial score (nSPS) is 11.2. The maximum absolute atomic E-state index is 10.8. The van der Waals surface area contributed by atoms with Crippen molar-refractivity contribution in [2.24, 2.45) is 0 Å². The molecule has 0 atom stereocenters. The van der Waals surface area contributed by atoms with E-state index in [1.165, 1.54) is 6.07 Å². The third kappa shape index (κ3) is 3.75. The van der Waals surface area contributed by atoms with E-state index in [2.05, 4.69) is 0 Å². The van der Waals surface area contributed by atoms with Crippen molar-refractivity contribution in [1.82, 2.24) is 0 Å². The maximum atomic E-state index is 10.8. The molecule has 4 nitrogen and oxygen atoms in total. The Bertz CT molecular complexity index is 460. The number of carboxylic acids is 2. The van der Waals surface area contributed by atoms with Crippen LogP contribution in [0.4, 0.5) is 0 Å². The van der Waals surface area contributed by atoms with E-state index >= 15 is 0 Å². The van der Waals surface area contributed by atoms with E-state index in [1.54, 1.807) is 24.3 Å². The predicted octanol–water partition coefficient (Wildman–Crippen LogP) is 2.65. The zero-order valence-corrected chi connectivity index (χ0v) is 9.51. The maximum Gasteiger partial charge on any atom is 0.335 e. The summed E-state index contributed by atoms with van der Waals surface area (Å²) in [6.07, 6.45) is 2.22. The van der Waals surface area contributed by atoms with Crippen molar-refractivity contribution in [2.75, 3.05) is 0 Å². The molecule has 0 aliphatic heterocycles. The molecule has 1 aromatic rings. The summed E-state index contributed by atoms with van der Waals surface area (Å²) in [6, 6.07) is 6.50. The fourth-order valence-electron chi connectivity index (χ4n) is 1.53. The first-order valence-corrected chi connectivity index (χ1v) is 5.29. The van der Waals surface area contributed by atoms with Gasteiger partial charge >= 0.3 is 11.9 Å². The Balaban J connectivity index is 3.03. The van der Waals surface area contributed by atoms with Crippen LogP contribution in [-0.4, -0.2) is 22.2 Å². The fourth-order valence-corrected chi connectivity index (χ4v) is 1.53. The van der Waals surface area contributed by atoms with Crippen molar-refractivity contribution < 1.29 is 19.8 Å². The number of hydrogen-bond donors (Lipinski definition) is 2. The van der Waals surface area contributed by atoms with E-state index < -0.39 is 11.9 Å². The minimum absolute atomic E-state index is 0.0551. The first kappa shape index (κ1) is 13.0. The van der Waals surface area contributed by atoms with Gasteiger partial charge in [-0.2, -0.15) is 0 Å². The van der Waals surface area contributed by atoms with Crippen molar-refractivity contribution in [1.29, 1.82) is 0 Å². The molecule has 4 heteroatoms. The van der Waals surface area contributed by atoms with E-state index in [-0.39, 0.29) is 12.0 Å². The quantitative estimate of drug-likeness (QED) is 0.821. The largest absolute Gasteiger partial charge is 0.481 e. The van der Waals surface area contributed by atoms with Gasteiger partial charge in [0.25, 0.3) is 0 Å². The van der Waals surface area contributed by atoms with E-state index in [1.807, 2.05) is 6.92 Å². The zero-order valence-electron chi connectivity index (χ0n) is 9.51. The Hall–Kier alpha value is -2.10. The van der Waals surface area contributed by atoms with Gasteiger partial charge in [-0.1, -0.05) is 25.1 Å². The molecule has 0 aliphatic rings. The highest BCUT2D eigenvalue weighted by Gasteiger charge is 2.06. The molecule has 1 rings (SSSR count). The molecule has 0 amide bonds. The monoisotopic (exact) mass is 234 g/mol. The van der Waals surface area contributed by atoms with Gasteiger partial charge < -0.3 is 10.2 Å². The Morgan fingerprint density at radius 3 is 2.41 bits per heavy atom. The lowest BCUT2D eigenvalue weighted by Gasteiger charge is -2.05. The van der Waals surface area contributed by atoms with Crippen molar-refractivity contribution in [3.63, 3.8) is 0 Å². The molecule has 0 aromatic heterocycles. The number of hydrogen-bond acceptors (Lipinski definition) is 2. The van der Waals surface area contributed by atoms with Crippen LogP contribution < -0.4 is 0 Å². The average Bonchev–Trinajstić information content (AvgIpc) is 2.30. The Kier molecular flexibility index (Phi) is 4.46. The lowest BCUT2D eigenvalue weighted by Crippen LogP contribution is -1.97. The molecule has 0 unspecified atom stereocenters. The summed E-state index contributed by atoms with van der Waals surface area (Å²) in [6.45, 7) is 1.90. The van der Waals surface area contributed by atoms with Gasteiger partial charge in [0, 0.05) is 0 Å². The SMILES string of the molecule is CC/C(=C\CC(=O)O)c1cccc(C(=O)O)c1. The molecule has 0 aliphatic carbocycles. The summed E-state index contributed by atoms with van der Waals surface area (Å²) in [4.78, 5) is 21.3. The first-order valence-electron chi connectivity index (χ1n) is 5.29.